The highest BCUT2D eigenvalue weighted by Gasteiger charge is 2.37. The summed E-state index contributed by atoms with van der Waals surface area (Å²) in [7, 11) is 0. The minimum atomic E-state index is -0.412. The molecule has 0 aliphatic carbocycles. The molecular weight excluding hydrogens is 425 g/mol. The SMILES string of the molecule is O=C(CN1CCCN(C(=O)C2CC(=O)N(c3ccc(F)cc3)C2)CC1)OCc1ccccc1. The summed E-state index contributed by atoms with van der Waals surface area (Å²) in [5.74, 6) is -1.23. The maximum absolute atomic E-state index is 13.2. The van der Waals surface area contributed by atoms with Gasteiger partial charge in [0.15, 0.2) is 0 Å². The van der Waals surface area contributed by atoms with E-state index in [0.717, 1.165) is 12.0 Å². The number of carbonyl (C=O) groups excluding carboxylic acids is 3. The van der Waals surface area contributed by atoms with E-state index in [1.165, 1.54) is 12.1 Å². The van der Waals surface area contributed by atoms with Gasteiger partial charge in [-0.15, -0.1) is 0 Å². The van der Waals surface area contributed by atoms with Crippen molar-refractivity contribution in [3.05, 3.63) is 66.0 Å². The maximum atomic E-state index is 13.2. The fraction of sp³-hybridized carbons (Fsp3) is 0.400. The zero-order valence-electron chi connectivity index (χ0n) is 18.5. The van der Waals surface area contributed by atoms with E-state index >= 15 is 0 Å². The van der Waals surface area contributed by atoms with Gasteiger partial charge in [-0.25, -0.2) is 4.39 Å². The summed E-state index contributed by atoms with van der Waals surface area (Å²) in [6.45, 7) is 3.12. The van der Waals surface area contributed by atoms with Crippen LogP contribution in [-0.4, -0.2) is 66.9 Å². The number of hydrogen-bond acceptors (Lipinski definition) is 5. The average Bonchev–Trinajstić information content (AvgIpc) is 3.06. The van der Waals surface area contributed by atoms with E-state index in [-0.39, 0.29) is 43.2 Å². The highest BCUT2D eigenvalue weighted by Crippen LogP contribution is 2.27. The van der Waals surface area contributed by atoms with Gasteiger partial charge in [0, 0.05) is 44.8 Å². The molecule has 0 N–H and O–H groups in total. The molecule has 0 aromatic heterocycles. The Hall–Kier alpha value is -3.26. The van der Waals surface area contributed by atoms with Gasteiger partial charge in [0.25, 0.3) is 0 Å². The zero-order chi connectivity index (χ0) is 23.2. The Morgan fingerprint density at radius 3 is 2.48 bits per heavy atom. The van der Waals surface area contributed by atoms with Crippen molar-refractivity contribution in [2.45, 2.75) is 19.4 Å². The van der Waals surface area contributed by atoms with Crippen LogP contribution < -0.4 is 4.90 Å². The van der Waals surface area contributed by atoms with Crippen LogP contribution in [0.5, 0.6) is 0 Å². The van der Waals surface area contributed by atoms with Gasteiger partial charge in [0.2, 0.25) is 11.8 Å². The Bertz CT molecular complexity index is 983. The van der Waals surface area contributed by atoms with E-state index in [0.29, 0.717) is 38.4 Å². The highest BCUT2D eigenvalue weighted by atomic mass is 19.1. The Labute approximate surface area is 192 Å². The molecule has 1 atom stereocenters. The van der Waals surface area contributed by atoms with Crippen molar-refractivity contribution in [1.82, 2.24) is 9.80 Å². The van der Waals surface area contributed by atoms with Crippen molar-refractivity contribution in [1.29, 1.82) is 0 Å². The van der Waals surface area contributed by atoms with Gasteiger partial charge in [-0.05, 0) is 36.2 Å². The smallest absolute Gasteiger partial charge is 0.320 e. The molecule has 2 aromatic rings. The third-order valence-corrected chi connectivity index (χ3v) is 6.11. The number of ether oxygens (including phenoxy) is 1. The minimum Gasteiger partial charge on any atom is -0.460 e. The summed E-state index contributed by atoms with van der Waals surface area (Å²) in [5, 5.41) is 0. The van der Waals surface area contributed by atoms with Gasteiger partial charge in [0.05, 0.1) is 12.5 Å². The first-order valence-electron chi connectivity index (χ1n) is 11.3. The molecule has 0 radical (unpaired) electrons. The summed E-state index contributed by atoms with van der Waals surface area (Å²) in [4.78, 5) is 43.1. The van der Waals surface area contributed by atoms with Crippen LogP contribution in [0.1, 0.15) is 18.4 Å². The van der Waals surface area contributed by atoms with Crippen LogP contribution in [0.3, 0.4) is 0 Å². The van der Waals surface area contributed by atoms with Crippen LogP contribution in [0.25, 0.3) is 0 Å². The maximum Gasteiger partial charge on any atom is 0.320 e. The quantitative estimate of drug-likeness (QED) is 0.629. The Morgan fingerprint density at radius 1 is 0.970 bits per heavy atom. The molecule has 8 heteroatoms. The topological polar surface area (TPSA) is 70.2 Å². The predicted molar refractivity (Wildman–Crippen MR) is 121 cm³/mol. The van der Waals surface area contributed by atoms with E-state index in [2.05, 4.69) is 0 Å². The normalized spacial score (nSPS) is 19.4. The van der Waals surface area contributed by atoms with Crippen molar-refractivity contribution >= 4 is 23.5 Å². The number of carbonyl (C=O) groups is 3. The van der Waals surface area contributed by atoms with Gasteiger partial charge in [-0.1, -0.05) is 30.3 Å². The number of hydrogen-bond donors (Lipinski definition) is 0. The molecule has 2 aromatic carbocycles. The molecule has 0 spiro atoms. The molecule has 4 rings (SSSR count). The fourth-order valence-corrected chi connectivity index (χ4v) is 4.32. The predicted octanol–water partition coefficient (Wildman–Crippen LogP) is 2.46. The molecule has 2 aliphatic heterocycles. The monoisotopic (exact) mass is 453 g/mol. The molecule has 2 aliphatic rings. The second-order valence-corrected chi connectivity index (χ2v) is 8.48. The van der Waals surface area contributed by atoms with Gasteiger partial charge >= 0.3 is 5.97 Å². The summed E-state index contributed by atoms with van der Waals surface area (Å²) in [5.41, 5.74) is 1.55. The van der Waals surface area contributed by atoms with Crippen molar-refractivity contribution in [2.24, 2.45) is 5.92 Å². The van der Waals surface area contributed by atoms with Crippen LogP contribution in [0, 0.1) is 11.7 Å². The Kier molecular flexibility index (Phi) is 7.34. The minimum absolute atomic E-state index is 0.0403. The first-order chi connectivity index (χ1) is 16.0. The second-order valence-electron chi connectivity index (χ2n) is 8.48. The lowest BCUT2D eigenvalue weighted by Crippen LogP contribution is -2.40. The van der Waals surface area contributed by atoms with Crippen LogP contribution in [0.15, 0.2) is 54.6 Å². The van der Waals surface area contributed by atoms with E-state index in [1.807, 2.05) is 35.2 Å². The number of amides is 2. The molecular formula is C25H28FN3O4. The van der Waals surface area contributed by atoms with Crippen molar-refractivity contribution in [3.8, 4) is 0 Å². The summed E-state index contributed by atoms with van der Waals surface area (Å²) in [6, 6.07) is 15.3. The summed E-state index contributed by atoms with van der Waals surface area (Å²) in [6.07, 6.45) is 0.905. The highest BCUT2D eigenvalue weighted by molar-refractivity contribution is 6.00. The number of esters is 1. The van der Waals surface area contributed by atoms with Crippen LogP contribution in [0.4, 0.5) is 10.1 Å². The van der Waals surface area contributed by atoms with Crippen molar-refractivity contribution < 1.29 is 23.5 Å². The van der Waals surface area contributed by atoms with Gasteiger partial charge < -0.3 is 14.5 Å². The molecule has 2 amide bonds. The van der Waals surface area contributed by atoms with Crippen LogP contribution in [0.2, 0.25) is 0 Å². The number of halogens is 1. The molecule has 33 heavy (non-hydrogen) atoms. The van der Waals surface area contributed by atoms with E-state index in [4.69, 9.17) is 4.74 Å². The first-order valence-corrected chi connectivity index (χ1v) is 11.3. The standard InChI is InChI=1S/C25H28FN3O4/c26-21-7-9-22(10-8-21)29-16-20(15-23(29)30)25(32)28-12-4-11-27(13-14-28)17-24(31)33-18-19-5-2-1-3-6-19/h1-3,5-10,20H,4,11-18H2. The lowest BCUT2D eigenvalue weighted by molar-refractivity contribution is -0.146. The lowest BCUT2D eigenvalue weighted by Gasteiger charge is -2.24. The van der Waals surface area contributed by atoms with Gasteiger partial charge in [0.1, 0.15) is 12.4 Å². The fourth-order valence-electron chi connectivity index (χ4n) is 4.32. The largest absolute Gasteiger partial charge is 0.460 e. The number of rotatable bonds is 6. The first kappa shape index (κ1) is 22.9. The van der Waals surface area contributed by atoms with E-state index in [1.54, 1.807) is 21.9 Å². The molecule has 2 saturated heterocycles. The molecule has 174 valence electrons. The molecule has 0 saturated carbocycles. The third kappa shape index (κ3) is 5.96. The molecule has 0 bridgehead atoms. The number of nitrogens with zero attached hydrogens (tertiary/aromatic N) is 3. The Balaban J connectivity index is 1.26. The van der Waals surface area contributed by atoms with Crippen LogP contribution in [-0.2, 0) is 25.7 Å². The van der Waals surface area contributed by atoms with Crippen molar-refractivity contribution in [3.63, 3.8) is 0 Å². The average molecular weight is 454 g/mol. The Morgan fingerprint density at radius 2 is 1.73 bits per heavy atom. The van der Waals surface area contributed by atoms with Crippen molar-refractivity contribution in [2.75, 3.05) is 44.2 Å². The number of benzene rings is 2. The molecule has 1 unspecified atom stereocenters. The second kappa shape index (κ2) is 10.6. The van der Waals surface area contributed by atoms with Gasteiger partial charge in [-0.2, -0.15) is 0 Å². The summed E-state index contributed by atoms with van der Waals surface area (Å²) >= 11 is 0. The van der Waals surface area contributed by atoms with E-state index < -0.39 is 5.92 Å². The molecule has 2 fully saturated rings. The summed E-state index contributed by atoms with van der Waals surface area (Å²) < 4.78 is 18.6. The van der Waals surface area contributed by atoms with Crippen LogP contribution >= 0.6 is 0 Å². The molecule has 7 nitrogen and oxygen atoms in total. The van der Waals surface area contributed by atoms with Gasteiger partial charge in [-0.3, -0.25) is 19.3 Å². The third-order valence-electron chi connectivity index (χ3n) is 6.11. The zero-order valence-corrected chi connectivity index (χ0v) is 18.5. The lowest BCUT2D eigenvalue weighted by atomic mass is 10.1. The number of anilines is 1. The molecule has 2 heterocycles. The van der Waals surface area contributed by atoms with E-state index in [9.17, 15) is 18.8 Å².